The van der Waals surface area contributed by atoms with Gasteiger partial charge in [0.2, 0.25) is 5.91 Å². The minimum atomic E-state index is -4.71. The van der Waals surface area contributed by atoms with Gasteiger partial charge in [0.05, 0.1) is 33.8 Å². The number of unbranched alkanes of at least 4 members (excludes halogenated alkanes) is 29. The lowest BCUT2D eigenvalue weighted by molar-refractivity contribution is -0.870. The van der Waals surface area contributed by atoms with Crippen LogP contribution in [0.1, 0.15) is 271 Å². The summed E-state index contributed by atoms with van der Waals surface area (Å²) in [5.41, 5.74) is 0. The van der Waals surface area contributed by atoms with E-state index in [9.17, 15) is 19.0 Å². The molecule has 0 rings (SSSR count). The molecule has 0 saturated heterocycles. The number of amides is 1. The second kappa shape index (κ2) is 53.8. The van der Waals surface area contributed by atoms with E-state index in [0.29, 0.717) is 23.9 Å². The summed E-state index contributed by atoms with van der Waals surface area (Å²) in [6.45, 7) is 6.79. The van der Waals surface area contributed by atoms with Gasteiger partial charge in [-0.05, 0) is 102 Å². The Labute approximate surface area is 457 Å². The largest absolute Gasteiger partial charge is 0.756 e. The summed E-state index contributed by atoms with van der Waals surface area (Å²) in [5.74, 6) is -0.566. The van der Waals surface area contributed by atoms with E-state index in [1.54, 1.807) is 0 Å². The zero-order chi connectivity index (χ0) is 54.3. The number of quaternary nitrogens is 1. The van der Waals surface area contributed by atoms with E-state index < -0.39 is 26.6 Å². The first-order chi connectivity index (χ1) is 35.9. The number of nitrogens with zero attached hydrogens (tertiary/aromatic N) is 1. The van der Waals surface area contributed by atoms with Crippen LogP contribution in [0.5, 0.6) is 0 Å². The van der Waals surface area contributed by atoms with E-state index >= 15 is 0 Å². The van der Waals surface area contributed by atoms with Gasteiger partial charge < -0.3 is 28.5 Å². The molecular formula is C64H117N2O7P. The Balaban J connectivity index is 5.30. The zero-order valence-electron chi connectivity index (χ0n) is 49.0. The number of carbonyl (C=O) groups is 2. The van der Waals surface area contributed by atoms with Crippen molar-refractivity contribution in [1.29, 1.82) is 0 Å². The number of hydrogen-bond donors (Lipinski definition) is 1. The van der Waals surface area contributed by atoms with Crippen molar-refractivity contribution in [3.63, 3.8) is 0 Å². The molecule has 0 aliphatic rings. The molecule has 0 heterocycles. The molecular weight excluding hydrogens is 940 g/mol. The molecule has 1 amide bonds. The van der Waals surface area contributed by atoms with Gasteiger partial charge in [-0.25, -0.2) is 0 Å². The molecule has 10 heteroatoms. The van der Waals surface area contributed by atoms with E-state index in [0.717, 1.165) is 103 Å². The van der Waals surface area contributed by atoms with Crippen molar-refractivity contribution in [2.45, 2.75) is 283 Å². The Morgan fingerprint density at radius 2 is 0.824 bits per heavy atom. The molecule has 0 aliphatic heterocycles. The predicted octanol–water partition coefficient (Wildman–Crippen LogP) is 18.2. The Morgan fingerprint density at radius 3 is 1.28 bits per heavy atom. The molecule has 0 aliphatic carbocycles. The Kier molecular flexibility index (Phi) is 52.0. The molecule has 0 aromatic heterocycles. The molecule has 1 N–H and O–H groups in total. The van der Waals surface area contributed by atoms with Crippen LogP contribution in [0.25, 0.3) is 0 Å². The fourth-order valence-corrected chi connectivity index (χ4v) is 9.28. The first-order valence-electron chi connectivity index (χ1n) is 30.7. The number of likely N-dealkylation sites (N-methyl/N-ethyl adjacent to an activating group) is 1. The molecule has 0 aromatic carbocycles. The number of allylic oxidation sites excluding steroid dienone is 11. The lowest BCUT2D eigenvalue weighted by atomic mass is 10.0. The van der Waals surface area contributed by atoms with E-state index in [-0.39, 0.29) is 24.9 Å². The maximum absolute atomic E-state index is 13.5. The molecule has 0 fully saturated rings. The summed E-state index contributed by atoms with van der Waals surface area (Å²) in [7, 11) is 1.16. The van der Waals surface area contributed by atoms with Crippen LogP contribution in [-0.2, 0) is 27.9 Å². The van der Waals surface area contributed by atoms with Gasteiger partial charge in [-0.15, -0.1) is 0 Å². The Morgan fingerprint density at radius 1 is 0.473 bits per heavy atom. The topological polar surface area (TPSA) is 114 Å². The molecule has 9 nitrogen and oxygen atoms in total. The summed E-state index contributed by atoms with van der Waals surface area (Å²) < 4.78 is 30.3. The van der Waals surface area contributed by atoms with Crippen molar-refractivity contribution in [2.24, 2.45) is 0 Å². The number of ether oxygens (including phenoxy) is 1. The number of nitrogens with one attached hydrogen (secondary N) is 1. The monoisotopic (exact) mass is 1060 g/mol. The quantitative estimate of drug-likeness (QED) is 0.0212. The third kappa shape index (κ3) is 54.2. The van der Waals surface area contributed by atoms with E-state index in [1.165, 1.54) is 128 Å². The summed E-state index contributed by atoms with van der Waals surface area (Å²) >= 11 is 0. The fourth-order valence-electron chi connectivity index (χ4n) is 8.56. The van der Waals surface area contributed by atoms with E-state index in [2.05, 4.69) is 86.8 Å². The van der Waals surface area contributed by atoms with Gasteiger partial charge in [0.15, 0.2) is 0 Å². The molecule has 3 unspecified atom stereocenters. The van der Waals surface area contributed by atoms with Crippen LogP contribution in [-0.4, -0.2) is 69.4 Å². The average Bonchev–Trinajstić information content (AvgIpc) is 3.36. The van der Waals surface area contributed by atoms with E-state index in [1.807, 2.05) is 33.3 Å². The van der Waals surface area contributed by atoms with Crippen LogP contribution >= 0.6 is 7.82 Å². The van der Waals surface area contributed by atoms with Crippen molar-refractivity contribution >= 4 is 19.7 Å². The number of phosphoric acid groups is 1. The molecule has 74 heavy (non-hydrogen) atoms. The summed E-state index contributed by atoms with van der Waals surface area (Å²) in [6.07, 6.45) is 68.6. The molecule has 0 spiro atoms. The van der Waals surface area contributed by atoms with Crippen LogP contribution in [0, 0.1) is 0 Å². The van der Waals surface area contributed by atoms with Gasteiger partial charge in [-0.3, -0.25) is 14.2 Å². The molecule has 0 aromatic rings. The lowest BCUT2D eigenvalue weighted by Gasteiger charge is -2.30. The van der Waals surface area contributed by atoms with Crippen molar-refractivity contribution < 1.29 is 37.3 Å². The average molecular weight is 1060 g/mol. The van der Waals surface area contributed by atoms with Crippen LogP contribution in [0.15, 0.2) is 72.9 Å². The first kappa shape index (κ1) is 71.5. The van der Waals surface area contributed by atoms with Gasteiger partial charge in [0, 0.05) is 12.8 Å². The van der Waals surface area contributed by atoms with Crippen molar-refractivity contribution in [1.82, 2.24) is 5.32 Å². The highest BCUT2D eigenvalue weighted by Gasteiger charge is 2.27. The minimum Gasteiger partial charge on any atom is -0.756 e. The number of carbonyl (C=O) groups excluding carboxylic acids is 2. The third-order valence-electron chi connectivity index (χ3n) is 13.4. The van der Waals surface area contributed by atoms with Gasteiger partial charge in [-0.1, -0.05) is 229 Å². The molecule has 0 saturated carbocycles. The highest BCUT2D eigenvalue weighted by atomic mass is 31.2. The third-order valence-corrected chi connectivity index (χ3v) is 14.3. The highest BCUT2D eigenvalue weighted by Crippen LogP contribution is 2.38. The van der Waals surface area contributed by atoms with Crippen LogP contribution in [0.4, 0.5) is 0 Å². The number of esters is 1. The fraction of sp³-hybridized carbons (Fsp3) is 0.781. The maximum Gasteiger partial charge on any atom is 0.306 e. The molecule has 3 atom stereocenters. The summed E-state index contributed by atoms with van der Waals surface area (Å²) in [4.78, 5) is 39.9. The number of phosphoric ester groups is 1. The predicted molar refractivity (Wildman–Crippen MR) is 316 cm³/mol. The van der Waals surface area contributed by atoms with Gasteiger partial charge >= 0.3 is 5.97 Å². The highest BCUT2D eigenvalue weighted by molar-refractivity contribution is 7.45. The zero-order valence-corrected chi connectivity index (χ0v) is 49.9. The second-order valence-electron chi connectivity index (χ2n) is 21.8. The van der Waals surface area contributed by atoms with Crippen molar-refractivity contribution in [3.8, 4) is 0 Å². The van der Waals surface area contributed by atoms with Crippen LogP contribution in [0.3, 0.4) is 0 Å². The van der Waals surface area contributed by atoms with Crippen molar-refractivity contribution in [3.05, 3.63) is 72.9 Å². The maximum atomic E-state index is 13.5. The SMILES string of the molecule is CCCCC/C=C\C/C=C\C/C=C\C/C=C\CCCCCCCC(=O)NC(COP(=O)([O-])OCC[N+](C)(C)C)C(/C=C\CCCCCCCCCCCC)OC(=O)CCCCCCCCC/C=C\CCCCCC. The summed E-state index contributed by atoms with van der Waals surface area (Å²) in [5, 5.41) is 3.02. The molecule has 0 bridgehead atoms. The Hall–Kier alpha value is -2.55. The van der Waals surface area contributed by atoms with Crippen LogP contribution < -0.4 is 10.2 Å². The molecule has 430 valence electrons. The van der Waals surface area contributed by atoms with Crippen LogP contribution in [0.2, 0.25) is 0 Å². The first-order valence-corrected chi connectivity index (χ1v) is 32.2. The van der Waals surface area contributed by atoms with Gasteiger partial charge in [0.25, 0.3) is 7.82 Å². The lowest BCUT2D eigenvalue weighted by Crippen LogP contribution is -2.47. The number of hydrogen-bond acceptors (Lipinski definition) is 7. The second-order valence-corrected chi connectivity index (χ2v) is 23.3. The molecule has 0 radical (unpaired) electrons. The smallest absolute Gasteiger partial charge is 0.306 e. The normalized spacial score (nSPS) is 14.2. The summed E-state index contributed by atoms with van der Waals surface area (Å²) in [6, 6.07) is -0.902. The van der Waals surface area contributed by atoms with Gasteiger partial charge in [-0.2, -0.15) is 0 Å². The standard InChI is InChI=1S/C64H117N2O7P/c1-7-10-13-16-19-22-25-28-30-31-32-33-34-35-37-38-41-44-47-50-53-56-63(67)65-61(60-72-74(69,70)71-59-58-66(4,5)6)62(55-52-49-46-43-40-27-24-21-18-15-12-9-3)73-64(68)57-54-51-48-45-42-39-36-29-26-23-20-17-14-11-8-2/h19,22-23,26,28,30,32-33,35,37,52,55,61-62H,7-18,20-21,24-25,27,29,31,34,36,38-51,53-54,56-60H2,1-6H3,(H-,65,67,69,70)/b22-19-,26-23-,30-28-,33-32-,37-35-,55-52-. The van der Waals surface area contributed by atoms with Gasteiger partial charge in [0.1, 0.15) is 19.3 Å². The number of rotatable bonds is 55. The van der Waals surface area contributed by atoms with Crippen molar-refractivity contribution in [2.75, 3.05) is 40.9 Å². The van der Waals surface area contributed by atoms with E-state index in [4.69, 9.17) is 13.8 Å². The minimum absolute atomic E-state index is 0.0291. The Bertz CT molecular complexity index is 1500.